The van der Waals surface area contributed by atoms with Crippen molar-refractivity contribution in [2.24, 2.45) is 11.8 Å². The highest BCUT2D eigenvalue weighted by molar-refractivity contribution is 7.93. The molecule has 1 unspecified atom stereocenters. The Bertz CT molecular complexity index is 493. The first-order valence-corrected chi connectivity index (χ1v) is 9.10. The topological polar surface area (TPSA) is 63.7 Å². The van der Waals surface area contributed by atoms with Crippen molar-refractivity contribution in [1.82, 2.24) is 4.90 Å². The highest BCUT2D eigenvalue weighted by atomic mass is 35.5. The molecular weight excluding hydrogens is 302 g/mol. The summed E-state index contributed by atoms with van der Waals surface area (Å²) in [5.41, 5.74) is 0. The summed E-state index contributed by atoms with van der Waals surface area (Å²) in [5, 5.41) is 0. The average Bonchev–Trinajstić information content (AvgIpc) is 2.44. The number of ether oxygens (including phenoxy) is 1. The van der Waals surface area contributed by atoms with Crippen molar-refractivity contribution in [1.29, 1.82) is 0 Å². The molecule has 1 amide bonds. The van der Waals surface area contributed by atoms with Gasteiger partial charge in [-0.2, -0.15) is 0 Å². The minimum atomic E-state index is -3.61. The van der Waals surface area contributed by atoms with E-state index in [1.54, 1.807) is 11.9 Å². The van der Waals surface area contributed by atoms with Gasteiger partial charge in [-0.1, -0.05) is 13.8 Å². The molecule has 2 aliphatic rings. The summed E-state index contributed by atoms with van der Waals surface area (Å²) in [7, 11) is -1.93. The number of likely N-dealkylation sites (tertiary alicyclic amines) is 1. The lowest BCUT2D eigenvalue weighted by molar-refractivity contribution is -0.155. The lowest BCUT2D eigenvalue weighted by Gasteiger charge is -2.55. The van der Waals surface area contributed by atoms with E-state index in [2.05, 4.69) is 0 Å². The van der Waals surface area contributed by atoms with Crippen molar-refractivity contribution < 1.29 is 17.9 Å². The zero-order valence-corrected chi connectivity index (χ0v) is 13.7. The Labute approximate surface area is 125 Å². The van der Waals surface area contributed by atoms with Crippen molar-refractivity contribution in [3.8, 4) is 0 Å². The van der Waals surface area contributed by atoms with Gasteiger partial charge in [0.25, 0.3) is 0 Å². The minimum absolute atomic E-state index is 0.0220. The van der Waals surface area contributed by atoms with Gasteiger partial charge in [0.1, 0.15) is 5.94 Å². The van der Waals surface area contributed by atoms with Crippen LogP contribution in [-0.2, 0) is 19.4 Å². The van der Waals surface area contributed by atoms with Gasteiger partial charge in [-0.25, -0.2) is 8.42 Å². The Morgan fingerprint density at radius 3 is 2.70 bits per heavy atom. The van der Waals surface area contributed by atoms with Crippen LogP contribution in [0.5, 0.6) is 0 Å². The maximum absolute atomic E-state index is 12.6. The number of rotatable bonds is 4. The number of β-lactam (4-membered cyclic amide) rings is 1. The molecule has 0 aromatic carbocycles. The summed E-state index contributed by atoms with van der Waals surface area (Å²) in [4.78, 5) is 14.0. The van der Waals surface area contributed by atoms with Gasteiger partial charge in [-0.3, -0.25) is 4.79 Å². The molecule has 0 saturated carbocycles. The summed E-state index contributed by atoms with van der Waals surface area (Å²) in [5.74, 6) is -0.119. The highest BCUT2D eigenvalue weighted by Gasteiger charge is 2.69. The van der Waals surface area contributed by atoms with E-state index >= 15 is 0 Å². The molecule has 7 heteroatoms. The maximum atomic E-state index is 12.6. The van der Waals surface area contributed by atoms with Gasteiger partial charge in [0.15, 0.2) is 14.6 Å². The van der Waals surface area contributed by atoms with Crippen molar-refractivity contribution in [3.05, 3.63) is 0 Å². The summed E-state index contributed by atoms with van der Waals surface area (Å²) in [6.07, 6.45) is 1.00. The number of fused-ring (bicyclic) bond motifs is 1. The summed E-state index contributed by atoms with van der Waals surface area (Å²) in [6.45, 7) is 4.22. The first-order chi connectivity index (χ1) is 9.28. The molecule has 2 aliphatic heterocycles. The lowest BCUT2D eigenvalue weighted by Crippen LogP contribution is -2.77. The van der Waals surface area contributed by atoms with Crippen molar-refractivity contribution in [2.75, 3.05) is 25.5 Å². The third-order valence-electron chi connectivity index (χ3n) is 4.34. The van der Waals surface area contributed by atoms with E-state index in [0.717, 1.165) is 0 Å². The monoisotopic (exact) mass is 323 g/mol. The van der Waals surface area contributed by atoms with Crippen molar-refractivity contribution >= 4 is 27.3 Å². The molecule has 0 spiro atoms. The molecule has 5 nitrogen and oxygen atoms in total. The second-order valence-corrected chi connectivity index (χ2v) is 8.76. The fraction of sp³-hybridized carbons (Fsp3) is 0.923. The van der Waals surface area contributed by atoms with E-state index in [9.17, 15) is 13.2 Å². The van der Waals surface area contributed by atoms with Crippen LogP contribution in [0.25, 0.3) is 0 Å². The van der Waals surface area contributed by atoms with Crippen molar-refractivity contribution in [3.63, 3.8) is 0 Å². The van der Waals surface area contributed by atoms with Crippen LogP contribution in [0.3, 0.4) is 0 Å². The standard InChI is InChI=1S/C13H22ClNO4S/c1-9(2)6-13-11(15(3)12(13)16)10(4-5-14)7-19-8-20(13,17)18/h9-11H,4-8H2,1-3H3/t10?,11-,13+/m0/s1. The quantitative estimate of drug-likeness (QED) is 0.577. The molecule has 2 heterocycles. The first-order valence-electron chi connectivity index (χ1n) is 6.91. The largest absolute Gasteiger partial charge is 0.365 e. The molecular formula is C13H22ClNO4S. The van der Waals surface area contributed by atoms with E-state index in [0.29, 0.717) is 25.3 Å². The molecule has 0 aromatic heterocycles. The summed E-state index contributed by atoms with van der Waals surface area (Å²) in [6, 6.07) is -0.316. The van der Waals surface area contributed by atoms with Crippen LogP contribution in [0.1, 0.15) is 26.7 Å². The molecule has 116 valence electrons. The fourth-order valence-electron chi connectivity index (χ4n) is 3.64. The molecule has 3 atom stereocenters. The predicted octanol–water partition coefficient (Wildman–Crippen LogP) is 1.26. The highest BCUT2D eigenvalue weighted by Crippen LogP contribution is 2.48. The molecule has 2 fully saturated rings. The number of carbonyl (C=O) groups excluding carboxylic acids is 1. The molecule has 0 aromatic rings. The molecule has 0 aliphatic carbocycles. The number of alkyl halides is 1. The Morgan fingerprint density at radius 2 is 2.15 bits per heavy atom. The molecule has 2 saturated heterocycles. The van der Waals surface area contributed by atoms with Crippen LogP contribution in [0.15, 0.2) is 0 Å². The zero-order chi connectivity index (χ0) is 15.1. The van der Waals surface area contributed by atoms with Gasteiger partial charge in [0.2, 0.25) is 5.91 Å². The number of carbonyl (C=O) groups is 1. The van der Waals surface area contributed by atoms with Crippen LogP contribution >= 0.6 is 11.6 Å². The average molecular weight is 324 g/mol. The molecule has 2 rings (SSSR count). The van der Waals surface area contributed by atoms with E-state index < -0.39 is 14.6 Å². The smallest absolute Gasteiger partial charge is 0.246 e. The van der Waals surface area contributed by atoms with E-state index in [1.807, 2.05) is 13.8 Å². The Balaban J connectivity index is 2.49. The molecule has 0 bridgehead atoms. The third kappa shape index (κ3) is 2.16. The van der Waals surface area contributed by atoms with Crippen LogP contribution in [0.2, 0.25) is 0 Å². The normalized spacial score (nSPS) is 36.5. The van der Waals surface area contributed by atoms with E-state index in [-0.39, 0.29) is 29.7 Å². The van der Waals surface area contributed by atoms with Crippen molar-refractivity contribution in [2.45, 2.75) is 37.5 Å². The predicted molar refractivity (Wildman–Crippen MR) is 77.3 cm³/mol. The Kier molecular flexibility index (Phi) is 4.38. The fourth-order valence-corrected chi connectivity index (χ4v) is 6.16. The summed E-state index contributed by atoms with van der Waals surface area (Å²) < 4.78 is 29.3. The van der Waals surface area contributed by atoms with Gasteiger partial charge < -0.3 is 9.64 Å². The summed E-state index contributed by atoms with van der Waals surface area (Å²) >= 11 is 5.82. The van der Waals surface area contributed by atoms with E-state index in [4.69, 9.17) is 16.3 Å². The zero-order valence-electron chi connectivity index (χ0n) is 12.1. The van der Waals surface area contributed by atoms with Gasteiger partial charge in [0.05, 0.1) is 12.6 Å². The lowest BCUT2D eigenvalue weighted by atomic mass is 9.73. The molecule has 0 N–H and O–H groups in total. The number of hydrogen-bond acceptors (Lipinski definition) is 4. The van der Waals surface area contributed by atoms with Crippen LogP contribution in [0.4, 0.5) is 0 Å². The van der Waals surface area contributed by atoms with Gasteiger partial charge >= 0.3 is 0 Å². The van der Waals surface area contributed by atoms with Gasteiger partial charge in [-0.15, -0.1) is 11.6 Å². The van der Waals surface area contributed by atoms with Crippen LogP contribution in [0, 0.1) is 11.8 Å². The Morgan fingerprint density at radius 1 is 1.50 bits per heavy atom. The number of hydrogen-bond donors (Lipinski definition) is 0. The number of halogens is 1. The number of sulfone groups is 1. The molecule has 20 heavy (non-hydrogen) atoms. The van der Waals surface area contributed by atoms with Gasteiger partial charge in [0, 0.05) is 18.8 Å². The maximum Gasteiger partial charge on any atom is 0.246 e. The van der Waals surface area contributed by atoms with E-state index in [1.165, 1.54) is 0 Å². The van der Waals surface area contributed by atoms with Crippen LogP contribution in [-0.4, -0.2) is 55.5 Å². The second kappa shape index (κ2) is 5.46. The SMILES string of the molecule is CC(C)C[C@]12C(=O)N(C)[C@H]1C(CCCl)COCS2(=O)=O. The Hall–Kier alpha value is -0.330. The number of amides is 1. The van der Waals surface area contributed by atoms with Crippen LogP contribution < -0.4 is 0 Å². The van der Waals surface area contributed by atoms with Gasteiger partial charge in [-0.05, 0) is 18.8 Å². The number of nitrogens with zero attached hydrogens (tertiary/aromatic N) is 1. The minimum Gasteiger partial charge on any atom is -0.365 e. The molecule has 0 radical (unpaired) electrons. The third-order valence-corrected chi connectivity index (χ3v) is 6.73. The second-order valence-electron chi connectivity index (χ2n) is 6.19. The first kappa shape index (κ1) is 16.0.